The van der Waals surface area contributed by atoms with Gasteiger partial charge in [-0.05, 0) is 38.4 Å². The summed E-state index contributed by atoms with van der Waals surface area (Å²) in [5.74, 6) is -0.0740. The molecule has 0 spiro atoms. The normalized spacial score (nSPS) is 17.2. The number of carbonyl (C=O) groups excluding carboxylic acids is 1. The van der Waals surface area contributed by atoms with Gasteiger partial charge in [-0.1, -0.05) is 43.2 Å². The lowest BCUT2D eigenvalue weighted by Gasteiger charge is -2.31. The zero-order chi connectivity index (χ0) is 16.8. The summed E-state index contributed by atoms with van der Waals surface area (Å²) in [4.78, 5) is 19.2. The summed E-state index contributed by atoms with van der Waals surface area (Å²) in [6, 6.07) is 10.7. The van der Waals surface area contributed by atoms with Gasteiger partial charge in [0.15, 0.2) is 0 Å². The van der Waals surface area contributed by atoms with Crippen molar-refractivity contribution < 1.29 is 4.79 Å². The van der Waals surface area contributed by atoms with E-state index >= 15 is 0 Å². The summed E-state index contributed by atoms with van der Waals surface area (Å²) in [6.07, 6.45) is 5.09. The van der Waals surface area contributed by atoms with Gasteiger partial charge in [0.2, 0.25) is 0 Å². The monoisotopic (exact) mass is 343 g/mol. The number of benzene rings is 1. The number of likely N-dealkylation sites (tertiary alicyclic amines) is 1. The van der Waals surface area contributed by atoms with Gasteiger partial charge >= 0.3 is 0 Å². The Labute approximate surface area is 147 Å². The highest BCUT2D eigenvalue weighted by Gasteiger charge is 2.22. The fourth-order valence-corrected chi connectivity index (χ4v) is 3.88. The maximum absolute atomic E-state index is 12.4. The first kappa shape index (κ1) is 17.1. The Hall–Kier alpha value is -1.72. The minimum atomic E-state index is -0.0740. The van der Waals surface area contributed by atoms with E-state index in [9.17, 15) is 4.79 Å². The van der Waals surface area contributed by atoms with Gasteiger partial charge in [-0.25, -0.2) is 4.98 Å². The molecule has 1 saturated heterocycles. The van der Waals surface area contributed by atoms with Gasteiger partial charge in [0.1, 0.15) is 5.69 Å². The van der Waals surface area contributed by atoms with Gasteiger partial charge in [0.05, 0.1) is 11.0 Å². The van der Waals surface area contributed by atoms with Gasteiger partial charge in [-0.2, -0.15) is 0 Å². The Kier molecular flexibility index (Phi) is 5.99. The second-order valence-corrected chi connectivity index (χ2v) is 7.40. The lowest BCUT2D eigenvalue weighted by atomic mass is 10.0. The van der Waals surface area contributed by atoms with Crippen LogP contribution < -0.4 is 5.32 Å². The molecule has 128 valence electrons. The predicted octanol–water partition coefficient (Wildman–Crippen LogP) is 3.80. The molecule has 0 unspecified atom stereocenters. The van der Waals surface area contributed by atoms with E-state index in [0.717, 1.165) is 18.1 Å². The van der Waals surface area contributed by atoms with Gasteiger partial charge < -0.3 is 5.32 Å². The van der Waals surface area contributed by atoms with Crippen molar-refractivity contribution >= 4 is 17.2 Å². The third-order valence-electron chi connectivity index (χ3n) is 4.57. The van der Waals surface area contributed by atoms with Crippen LogP contribution in [0.5, 0.6) is 0 Å². The van der Waals surface area contributed by atoms with E-state index in [2.05, 4.69) is 39.5 Å². The number of thiazole rings is 1. The molecule has 4 nitrogen and oxygen atoms in total. The summed E-state index contributed by atoms with van der Waals surface area (Å²) in [6.45, 7) is 4.75. The molecule has 2 aromatic rings. The molecular formula is C19H25N3OS. The Morgan fingerprint density at radius 2 is 1.92 bits per heavy atom. The third kappa shape index (κ3) is 4.42. The third-order valence-corrected chi connectivity index (χ3v) is 5.35. The van der Waals surface area contributed by atoms with Crippen LogP contribution >= 0.6 is 11.3 Å². The molecule has 1 N–H and O–H groups in total. The van der Waals surface area contributed by atoms with Crippen LogP contribution in [-0.2, 0) is 0 Å². The fourth-order valence-electron chi connectivity index (χ4n) is 3.29. The number of nitrogens with one attached hydrogen (secondary N) is 1. The largest absolute Gasteiger partial charge is 0.349 e. The van der Waals surface area contributed by atoms with Crippen molar-refractivity contribution in [3.63, 3.8) is 0 Å². The molecule has 0 bridgehead atoms. The lowest BCUT2D eigenvalue weighted by Crippen LogP contribution is -2.38. The molecule has 1 aromatic carbocycles. The molecule has 0 radical (unpaired) electrons. The summed E-state index contributed by atoms with van der Waals surface area (Å²) in [7, 11) is 0. The number of hydrogen-bond acceptors (Lipinski definition) is 4. The quantitative estimate of drug-likeness (QED) is 0.898. The minimum Gasteiger partial charge on any atom is -0.349 e. The molecule has 1 atom stereocenters. The molecule has 1 aromatic heterocycles. The number of hydrogen-bond donors (Lipinski definition) is 1. The van der Waals surface area contributed by atoms with E-state index in [1.807, 2.05) is 18.4 Å². The first-order valence-electron chi connectivity index (χ1n) is 8.73. The molecule has 1 amide bonds. The van der Waals surface area contributed by atoms with E-state index in [-0.39, 0.29) is 11.9 Å². The molecule has 1 aliphatic rings. The maximum Gasteiger partial charge on any atom is 0.270 e. The number of amides is 1. The highest BCUT2D eigenvalue weighted by Crippen LogP contribution is 2.23. The number of aromatic nitrogens is 1. The molecule has 5 heteroatoms. The van der Waals surface area contributed by atoms with Crippen LogP contribution in [0.15, 0.2) is 35.7 Å². The fraction of sp³-hybridized carbons (Fsp3) is 0.474. The topological polar surface area (TPSA) is 45.2 Å². The first-order chi connectivity index (χ1) is 11.7. The van der Waals surface area contributed by atoms with Crippen molar-refractivity contribution in [3.8, 4) is 0 Å². The number of rotatable bonds is 5. The van der Waals surface area contributed by atoms with Crippen molar-refractivity contribution in [1.29, 1.82) is 0 Å². The summed E-state index contributed by atoms with van der Waals surface area (Å²) >= 11 is 1.51. The van der Waals surface area contributed by atoms with Crippen molar-refractivity contribution in [2.24, 2.45) is 0 Å². The predicted molar refractivity (Wildman–Crippen MR) is 98.4 cm³/mol. The van der Waals surface area contributed by atoms with Gasteiger partial charge in [-0.3, -0.25) is 9.69 Å². The number of aryl methyl sites for hydroxylation is 1. The number of carbonyl (C=O) groups is 1. The van der Waals surface area contributed by atoms with Crippen LogP contribution in [0.4, 0.5) is 0 Å². The van der Waals surface area contributed by atoms with Gasteiger partial charge in [0, 0.05) is 11.9 Å². The van der Waals surface area contributed by atoms with E-state index in [4.69, 9.17) is 0 Å². The SMILES string of the molecule is Cc1nc(C(=O)NC[C@@H](c2ccccc2)N2CCCCCC2)cs1. The number of nitrogens with zero attached hydrogens (tertiary/aromatic N) is 2. The molecule has 3 rings (SSSR count). The van der Waals surface area contributed by atoms with Crippen LogP contribution in [0.1, 0.15) is 52.8 Å². The average molecular weight is 343 g/mol. The highest BCUT2D eigenvalue weighted by molar-refractivity contribution is 7.09. The maximum atomic E-state index is 12.4. The second kappa shape index (κ2) is 8.40. The molecule has 24 heavy (non-hydrogen) atoms. The molecule has 0 saturated carbocycles. The Morgan fingerprint density at radius 1 is 1.21 bits per heavy atom. The van der Waals surface area contributed by atoms with Crippen LogP contribution in [0.2, 0.25) is 0 Å². The molecule has 1 fully saturated rings. The summed E-state index contributed by atoms with van der Waals surface area (Å²) in [5, 5.41) is 5.84. The van der Waals surface area contributed by atoms with Crippen molar-refractivity contribution in [3.05, 3.63) is 52.0 Å². The van der Waals surface area contributed by atoms with E-state index < -0.39 is 0 Å². The van der Waals surface area contributed by atoms with Crippen LogP contribution in [0.25, 0.3) is 0 Å². The highest BCUT2D eigenvalue weighted by atomic mass is 32.1. The molecular weight excluding hydrogens is 318 g/mol. The molecule has 1 aliphatic heterocycles. The average Bonchev–Trinajstić information content (AvgIpc) is 2.87. The summed E-state index contributed by atoms with van der Waals surface area (Å²) in [5.41, 5.74) is 1.80. The van der Waals surface area contributed by atoms with Crippen LogP contribution in [0, 0.1) is 6.92 Å². The van der Waals surface area contributed by atoms with Crippen LogP contribution in [-0.4, -0.2) is 35.4 Å². The summed E-state index contributed by atoms with van der Waals surface area (Å²) < 4.78 is 0. The zero-order valence-corrected chi connectivity index (χ0v) is 15.0. The zero-order valence-electron chi connectivity index (χ0n) is 14.2. The minimum absolute atomic E-state index is 0.0740. The van der Waals surface area contributed by atoms with E-state index in [1.165, 1.54) is 42.6 Å². The van der Waals surface area contributed by atoms with Crippen molar-refractivity contribution in [2.45, 2.75) is 38.6 Å². The van der Waals surface area contributed by atoms with Crippen molar-refractivity contribution in [1.82, 2.24) is 15.2 Å². The Balaban J connectivity index is 1.71. The van der Waals surface area contributed by atoms with Gasteiger partial charge in [-0.15, -0.1) is 11.3 Å². The van der Waals surface area contributed by atoms with E-state index in [1.54, 1.807) is 0 Å². The molecule has 0 aliphatic carbocycles. The standard InChI is InChI=1S/C19H25N3OS/c1-15-21-17(14-24-15)19(23)20-13-18(16-9-5-4-6-10-16)22-11-7-2-3-8-12-22/h4-6,9-10,14,18H,2-3,7-8,11-13H2,1H3,(H,20,23)/t18-/m0/s1. The van der Waals surface area contributed by atoms with E-state index in [0.29, 0.717) is 12.2 Å². The molecule has 2 heterocycles. The Bertz CT molecular complexity index is 648. The lowest BCUT2D eigenvalue weighted by molar-refractivity contribution is 0.0929. The van der Waals surface area contributed by atoms with Gasteiger partial charge in [0.25, 0.3) is 5.91 Å². The first-order valence-corrected chi connectivity index (χ1v) is 9.61. The Morgan fingerprint density at radius 3 is 2.54 bits per heavy atom. The van der Waals surface area contributed by atoms with Crippen molar-refractivity contribution in [2.75, 3.05) is 19.6 Å². The second-order valence-electron chi connectivity index (χ2n) is 6.34. The smallest absolute Gasteiger partial charge is 0.270 e. The van der Waals surface area contributed by atoms with Crippen LogP contribution in [0.3, 0.4) is 0 Å².